The van der Waals surface area contributed by atoms with Crippen LogP contribution < -0.4 is 0 Å². The quantitative estimate of drug-likeness (QED) is 0.736. The molecular formula is C20H30N2O4S. The number of sulfonamides is 1. The molecule has 2 saturated heterocycles. The van der Waals surface area contributed by atoms with Crippen molar-refractivity contribution in [2.45, 2.75) is 57.4 Å². The minimum absolute atomic E-state index is 0.0284. The molecule has 2 aliphatic heterocycles. The first-order valence-corrected chi connectivity index (χ1v) is 11.0. The minimum atomic E-state index is -3.56. The van der Waals surface area contributed by atoms with E-state index in [4.69, 9.17) is 4.74 Å². The Morgan fingerprint density at radius 2 is 1.59 bits per heavy atom. The van der Waals surface area contributed by atoms with Gasteiger partial charge in [0.05, 0.1) is 11.5 Å². The highest BCUT2D eigenvalue weighted by atomic mass is 32.2. The summed E-state index contributed by atoms with van der Waals surface area (Å²) in [6.07, 6.45) is 0.693. The number of carbonyl (C=O) groups excluding carboxylic acids is 1. The van der Waals surface area contributed by atoms with E-state index in [9.17, 15) is 13.2 Å². The average molecular weight is 395 g/mol. The van der Waals surface area contributed by atoms with Gasteiger partial charge in [0.2, 0.25) is 10.0 Å². The number of rotatable bonds is 3. The summed E-state index contributed by atoms with van der Waals surface area (Å²) in [5, 5.41) is 0. The van der Waals surface area contributed by atoms with Gasteiger partial charge >= 0.3 is 5.97 Å². The number of hydrogen-bond acceptors (Lipinski definition) is 5. The van der Waals surface area contributed by atoms with E-state index in [2.05, 4.69) is 20.8 Å². The zero-order valence-corrected chi connectivity index (χ0v) is 17.7. The number of ether oxygens (including phenoxy) is 1. The van der Waals surface area contributed by atoms with Crippen LogP contribution in [-0.2, 0) is 25.0 Å². The highest BCUT2D eigenvalue weighted by Gasteiger charge is 2.37. The number of nitrogens with zero attached hydrogens (tertiary/aromatic N) is 2. The zero-order chi connectivity index (χ0) is 20.0. The molecule has 0 N–H and O–H groups in total. The van der Waals surface area contributed by atoms with Gasteiger partial charge in [-0.2, -0.15) is 4.31 Å². The van der Waals surface area contributed by atoms with Gasteiger partial charge in [-0.05, 0) is 36.0 Å². The number of carbonyl (C=O) groups is 1. The van der Waals surface area contributed by atoms with Crippen molar-refractivity contribution in [2.24, 2.45) is 0 Å². The Labute approximate surface area is 162 Å². The lowest BCUT2D eigenvalue weighted by atomic mass is 9.85. The molecule has 0 saturated carbocycles. The van der Waals surface area contributed by atoms with Crippen molar-refractivity contribution in [3.05, 3.63) is 28.8 Å². The van der Waals surface area contributed by atoms with E-state index in [1.807, 2.05) is 30.9 Å². The SMILES string of the molecule is Cc1cc(C(C)(C)C)cc(C)c1S(=O)(=O)N1CCN([C@@H]2CCOC2=O)CC1. The van der Waals surface area contributed by atoms with Crippen LogP contribution >= 0.6 is 0 Å². The molecule has 0 bridgehead atoms. The Morgan fingerprint density at radius 3 is 2.04 bits per heavy atom. The number of cyclic esters (lactones) is 1. The summed E-state index contributed by atoms with van der Waals surface area (Å²) in [5.74, 6) is -0.184. The molecule has 1 atom stereocenters. The molecule has 0 spiro atoms. The van der Waals surface area contributed by atoms with E-state index in [0.29, 0.717) is 44.1 Å². The van der Waals surface area contributed by atoms with Gasteiger partial charge in [0, 0.05) is 32.6 Å². The van der Waals surface area contributed by atoms with Crippen LogP contribution in [0.5, 0.6) is 0 Å². The number of benzene rings is 1. The fraction of sp³-hybridized carbons (Fsp3) is 0.650. The fourth-order valence-electron chi connectivity index (χ4n) is 3.99. The topological polar surface area (TPSA) is 66.9 Å². The molecular weight excluding hydrogens is 364 g/mol. The molecule has 0 unspecified atom stereocenters. The highest BCUT2D eigenvalue weighted by Crippen LogP contribution is 2.31. The summed E-state index contributed by atoms with van der Waals surface area (Å²) in [7, 11) is -3.56. The molecule has 0 radical (unpaired) electrons. The van der Waals surface area contributed by atoms with E-state index >= 15 is 0 Å². The molecule has 150 valence electrons. The molecule has 3 rings (SSSR count). The standard InChI is InChI=1S/C20H30N2O4S/c1-14-12-16(20(3,4)5)13-15(2)18(14)27(24,25)22-9-7-21(8-10-22)17-6-11-26-19(17)23/h12-13,17H,6-11H2,1-5H3/t17-/m1/s1. The molecule has 6 nitrogen and oxygen atoms in total. The molecule has 27 heavy (non-hydrogen) atoms. The van der Waals surface area contributed by atoms with Crippen molar-refractivity contribution in [1.29, 1.82) is 0 Å². The van der Waals surface area contributed by atoms with Crippen LogP contribution in [-0.4, -0.2) is 62.4 Å². The summed E-state index contributed by atoms with van der Waals surface area (Å²) < 4.78 is 33.2. The fourth-order valence-corrected chi connectivity index (χ4v) is 5.83. The molecule has 2 heterocycles. The number of hydrogen-bond donors (Lipinski definition) is 0. The average Bonchev–Trinajstić information content (AvgIpc) is 2.99. The second-order valence-corrected chi connectivity index (χ2v) is 10.5. The lowest BCUT2D eigenvalue weighted by Crippen LogP contribution is -2.53. The van der Waals surface area contributed by atoms with Crippen molar-refractivity contribution in [3.63, 3.8) is 0 Å². The predicted octanol–water partition coefficient (Wildman–Crippen LogP) is 2.22. The molecule has 1 aromatic carbocycles. The number of esters is 1. The summed E-state index contributed by atoms with van der Waals surface area (Å²) in [5.41, 5.74) is 2.70. The first-order valence-electron chi connectivity index (χ1n) is 9.54. The van der Waals surface area contributed by atoms with Crippen LogP contribution in [0.15, 0.2) is 17.0 Å². The van der Waals surface area contributed by atoms with Gasteiger partial charge in [-0.15, -0.1) is 0 Å². The first kappa shape index (κ1) is 20.3. The Balaban J connectivity index is 1.81. The van der Waals surface area contributed by atoms with E-state index in [1.165, 1.54) is 0 Å². The third-order valence-electron chi connectivity index (χ3n) is 5.55. The van der Waals surface area contributed by atoms with Gasteiger partial charge in [0.25, 0.3) is 0 Å². The smallest absolute Gasteiger partial charge is 0.323 e. The van der Waals surface area contributed by atoms with Gasteiger partial charge in [0.1, 0.15) is 6.04 Å². The minimum Gasteiger partial charge on any atom is -0.464 e. The third kappa shape index (κ3) is 3.91. The lowest BCUT2D eigenvalue weighted by Gasteiger charge is -2.36. The number of piperazine rings is 1. The first-order chi connectivity index (χ1) is 12.5. The summed E-state index contributed by atoms with van der Waals surface area (Å²) in [6.45, 7) is 12.5. The van der Waals surface area contributed by atoms with Gasteiger partial charge in [-0.1, -0.05) is 32.9 Å². The maximum absolute atomic E-state index is 13.3. The highest BCUT2D eigenvalue weighted by molar-refractivity contribution is 7.89. The Morgan fingerprint density at radius 1 is 1.04 bits per heavy atom. The normalized spacial score (nSPS) is 22.9. The van der Waals surface area contributed by atoms with E-state index in [-0.39, 0.29) is 17.4 Å². The molecule has 0 amide bonds. The van der Waals surface area contributed by atoms with E-state index < -0.39 is 10.0 Å². The molecule has 7 heteroatoms. The Kier molecular flexibility index (Phi) is 5.40. The van der Waals surface area contributed by atoms with Crippen molar-refractivity contribution >= 4 is 16.0 Å². The number of aryl methyl sites for hydroxylation is 2. The zero-order valence-electron chi connectivity index (χ0n) is 16.9. The molecule has 0 aliphatic carbocycles. The molecule has 2 fully saturated rings. The van der Waals surface area contributed by atoms with Gasteiger partial charge in [0.15, 0.2) is 0 Å². The monoisotopic (exact) mass is 394 g/mol. The van der Waals surface area contributed by atoms with Gasteiger partial charge in [-0.25, -0.2) is 8.42 Å². The van der Waals surface area contributed by atoms with Gasteiger partial charge in [-0.3, -0.25) is 9.69 Å². The van der Waals surface area contributed by atoms with Crippen LogP contribution in [0.2, 0.25) is 0 Å². The predicted molar refractivity (Wildman–Crippen MR) is 104 cm³/mol. The van der Waals surface area contributed by atoms with Crippen LogP contribution in [0.1, 0.15) is 43.9 Å². The largest absolute Gasteiger partial charge is 0.464 e. The van der Waals surface area contributed by atoms with Crippen LogP contribution in [0, 0.1) is 13.8 Å². The molecule has 1 aromatic rings. The van der Waals surface area contributed by atoms with Crippen LogP contribution in [0.25, 0.3) is 0 Å². The molecule has 0 aromatic heterocycles. The Bertz CT molecular complexity index is 811. The summed E-state index contributed by atoms with van der Waals surface area (Å²) >= 11 is 0. The van der Waals surface area contributed by atoms with Crippen LogP contribution in [0.4, 0.5) is 0 Å². The van der Waals surface area contributed by atoms with Crippen molar-refractivity contribution in [2.75, 3.05) is 32.8 Å². The second kappa shape index (κ2) is 7.18. The summed E-state index contributed by atoms with van der Waals surface area (Å²) in [4.78, 5) is 14.2. The van der Waals surface area contributed by atoms with Crippen molar-refractivity contribution in [1.82, 2.24) is 9.21 Å². The lowest BCUT2D eigenvalue weighted by molar-refractivity contribution is -0.142. The maximum atomic E-state index is 13.3. The Hall–Kier alpha value is -1.44. The second-order valence-electron chi connectivity index (χ2n) is 8.60. The van der Waals surface area contributed by atoms with Crippen molar-refractivity contribution < 1.29 is 17.9 Å². The maximum Gasteiger partial charge on any atom is 0.323 e. The van der Waals surface area contributed by atoms with E-state index in [0.717, 1.165) is 16.7 Å². The molecule has 2 aliphatic rings. The van der Waals surface area contributed by atoms with Gasteiger partial charge < -0.3 is 4.74 Å². The van der Waals surface area contributed by atoms with Crippen LogP contribution in [0.3, 0.4) is 0 Å². The third-order valence-corrected chi connectivity index (χ3v) is 7.75. The van der Waals surface area contributed by atoms with Crippen molar-refractivity contribution in [3.8, 4) is 0 Å². The van der Waals surface area contributed by atoms with E-state index in [1.54, 1.807) is 4.31 Å². The summed E-state index contributed by atoms with van der Waals surface area (Å²) in [6, 6.07) is 3.76.